The minimum atomic E-state index is -4.26. The summed E-state index contributed by atoms with van der Waals surface area (Å²) in [6.45, 7) is 1.97. The Morgan fingerprint density at radius 3 is 2.31 bits per heavy atom. The fourth-order valence-electron chi connectivity index (χ4n) is 1.68. The predicted molar refractivity (Wildman–Crippen MR) is 44.3 cm³/mol. The smallest absolute Gasteiger partial charge is 0.735 e. The molecule has 0 saturated heterocycles. The van der Waals surface area contributed by atoms with Gasteiger partial charge in [0.2, 0.25) is 0 Å². The first-order valence-electron chi connectivity index (χ1n) is 4.22. The zero-order chi connectivity index (χ0) is 9.19. The standard InChI is InChI=1S/C7H15NO3S.Na/c1-6-4-2-3-5-7(6)8-12(9,10)11;/h6-8H,2-5H2,1H3,(H,9,10,11);/q;+1/p-1/t6-,7-;/m1./s1. The second kappa shape index (κ2) is 5.68. The van der Waals surface area contributed by atoms with Crippen molar-refractivity contribution in [2.45, 2.75) is 38.6 Å². The SMILES string of the molecule is C[C@@H]1CCCC[C@H]1NS(=O)(=O)[O-].[Na+]. The molecule has 0 bridgehead atoms. The van der Waals surface area contributed by atoms with E-state index >= 15 is 0 Å². The molecule has 1 N–H and O–H groups in total. The Morgan fingerprint density at radius 2 is 1.85 bits per heavy atom. The first kappa shape index (κ1) is 13.9. The van der Waals surface area contributed by atoms with Crippen molar-refractivity contribution >= 4 is 10.3 Å². The van der Waals surface area contributed by atoms with Crippen LogP contribution in [0.2, 0.25) is 0 Å². The Bertz CT molecular complexity index is 242. The van der Waals surface area contributed by atoms with Gasteiger partial charge < -0.3 is 4.55 Å². The Morgan fingerprint density at radius 1 is 1.31 bits per heavy atom. The number of nitrogens with one attached hydrogen (secondary N) is 1. The van der Waals surface area contributed by atoms with Crippen LogP contribution in [0.5, 0.6) is 0 Å². The molecule has 0 aliphatic heterocycles. The average Bonchev–Trinajstić information content (AvgIpc) is 1.91. The normalized spacial score (nSPS) is 29.4. The average molecular weight is 215 g/mol. The van der Waals surface area contributed by atoms with Crippen molar-refractivity contribution in [2.24, 2.45) is 5.92 Å². The van der Waals surface area contributed by atoms with Gasteiger partial charge in [0.25, 0.3) is 0 Å². The third-order valence-corrected chi connectivity index (χ3v) is 3.00. The second-order valence-electron chi connectivity index (χ2n) is 3.44. The van der Waals surface area contributed by atoms with Crippen molar-refractivity contribution in [3.63, 3.8) is 0 Å². The van der Waals surface area contributed by atoms with E-state index in [1.165, 1.54) is 0 Å². The second-order valence-corrected chi connectivity index (χ2v) is 4.58. The summed E-state index contributed by atoms with van der Waals surface area (Å²) in [5.41, 5.74) is 0. The van der Waals surface area contributed by atoms with Crippen LogP contribution < -0.4 is 34.3 Å². The quantitative estimate of drug-likeness (QED) is 0.413. The van der Waals surface area contributed by atoms with Crippen LogP contribution in [0.15, 0.2) is 0 Å². The summed E-state index contributed by atoms with van der Waals surface area (Å²) in [5.74, 6) is 0.294. The predicted octanol–water partition coefficient (Wildman–Crippen LogP) is -2.38. The van der Waals surface area contributed by atoms with Crippen molar-refractivity contribution in [3.8, 4) is 0 Å². The zero-order valence-electron chi connectivity index (χ0n) is 8.12. The van der Waals surface area contributed by atoms with Crippen molar-refractivity contribution in [2.75, 3.05) is 0 Å². The van der Waals surface area contributed by atoms with Gasteiger partial charge in [-0.1, -0.05) is 19.8 Å². The molecular weight excluding hydrogens is 201 g/mol. The van der Waals surface area contributed by atoms with Gasteiger partial charge >= 0.3 is 29.6 Å². The molecule has 4 nitrogen and oxygen atoms in total. The molecule has 0 aromatic carbocycles. The summed E-state index contributed by atoms with van der Waals surface area (Å²) >= 11 is 0. The molecule has 0 radical (unpaired) electrons. The largest absolute Gasteiger partial charge is 1.00 e. The Balaban J connectivity index is 0.00000144. The molecule has 1 aliphatic rings. The maximum Gasteiger partial charge on any atom is 1.00 e. The van der Waals surface area contributed by atoms with Crippen molar-refractivity contribution < 1.29 is 42.5 Å². The topological polar surface area (TPSA) is 69.2 Å². The first-order valence-corrected chi connectivity index (χ1v) is 5.63. The summed E-state index contributed by atoms with van der Waals surface area (Å²) < 4.78 is 33.3. The van der Waals surface area contributed by atoms with Gasteiger partial charge in [-0.3, -0.25) is 0 Å². The van der Waals surface area contributed by atoms with Crippen LogP contribution in [0.1, 0.15) is 32.6 Å². The van der Waals surface area contributed by atoms with Gasteiger partial charge in [-0.15, -0.1) is 0 Å². The molecular formula is C7H14NNaO3S. The third-order valence-electron chi connectivity index (χ3n) is 2.41. The van der Waals surface area contributed by atoms with Gasteiger partial charge in [0, 0.05) is 6.04 Å². The van der Waals surface area contributed by atoms with Crippen molar-refractivity contribution in [3.05, 3.63) is 0 Å². The van der Waals surface area contributed by atoms with Gasteiger partial charge in [0.15, 0.2) is 10.3 Å². The Hall–Kier alpha value is 0.870. The fourth-order valence-corrected chi connectivity index (χ4v) is 2.40. The van der Waals surface area contributed by atoms with E-state index < -0.39 is 10.3 Å². The summed E-state index contributed by atoms with van der Waals surface area (Å²) in [5, 5.41) is 0. The van der Waals surface area contributed by atoms with Gasteiger partial charge in [0.1, 0.15) is 0 Å². The molecule has 0 aromatic heterocycles. The number of rotatable bonds is 2. The third kappa shape index (κ3) is 5.34. The molecule has 0 aromatic rings. The molecule has 1 fully saturated rings. The van der Waals surface area contributed by atoms with Crippen molar-refractivity contribution in [1.82, 2.24) is 4.72 Å². The molecule has 6 heteroatoms. The maximum absolute atomic E-state index is 10.4. The van der Waals surface area contributed by atoms with Crippen LogP contribution in [0.4, 0.5) is 0 Å². The van der Waals surface area contributed by atoms with E-state index in [2.05, 4.69) is 4.72 Å². The summed E-state index contributed by atoms with van der Waals surface area (Å²) in [7, 11) is -4.26. The van der Waals surface area contributed by atoms with Crippen molar-refractivity contribution in [1.29, 1.82) is 0 Å². The Kier molecular flexibility index (Phi) is 6.06. The number of hydrogen-bond acceptors (Lipinski definition) is 3. The van der Waals surface area contributed by atoms with Gasteiger partial charge in [-0.2, -0.15) is 0 Å². The molecule has 2 atom stereocenters. The molecule has 0 spiro atoms. The molecule has 1 saturated carbocycles. The van der Waals surface area contributed by atoms with Gasteiger partial charge in [-0.25, -0.2) is 13.1 Å². The molecule has 13 heavy (non-hydrogen) atoms. The first-order chi connectivity index (χ1) is 5.49. The van der Waals surface area contributed by atoms with Crippen LogP contribution in [-0.4, -0.2) is 19.0 Å². The molecule has 72 valence electrons. The summed E-state index contributed by atoms with van der Waals surface area (Å²) in [6, 6.07) is -0.138. The summed E-state index contributed by atoms with van der Waals surface area (Å²) in [6.07, 6.45) is 3.95. The molecule has 1 aliphatic carbocycles. The minimum absolute atomic E-state index is 0. The zero-order valence-corrected chi connectivity index (χ0v) is 10.9. The van der Waals surface area contributed by atoms with E-state index in [4.69, 9.17) is 0 Å². The molecule has 0 amide bonds. The van der Waals surface area contributed by atoms with E-state index in [-0.39, 0.29) is 35.6 Å². The van der Waals surface area contributed by atoms with Gasteiger partial charge in [0.05, 0.1) is 0 Å². The van der Waals surface area contributed by atoms with E-state index in [0.717, 1.165) is 25.7 Å². The van der Waals surface area contributed by atoms with Crippen LogP contribution >= 0.6 is 0 Å². The van der Waals surface area contributed by atoms with E-state index in [0.29, 0.717) is 5.92 Å². The van der Waals surface area contributed by atoms with E-state index in [1.54, 1.807) is 0 Å². The van der Waals surface area contributed by atoms with Crippen LogP contribution in [0.3, 0.4) is 0 Å². The summed E-state index contributed by atoms with van der Waals surface area (Å²) in [4.78, 5) is 0. The van der Waals surface area contributed by atoms with E-state index in [9.17, 15) is 13.0 Å². The molecule has 1 rings (SSSR count). The Labute approximate surface area is 102 Å². The van der Waals surface area contributed by atoms with Crippen LogP contribution in [0.25, 0.3) is 0 Å². The number of hydrogen-bond donors (Lipinski definition) is 1. The van der Waals surface area contributed by atoms with Gasteiger partial charge in [-0.05, 0) is 18.8 Å². The van der Waals surface area contributed by atoms with E-state index in [1.807, 2.05) is 6.92 Å². The monoisotopic (exact) mass is 215 g/mol. The van der Waals surface area contributed by atoms with Crippen LogP contribution in [-0.2, 0) is 10.3 Å². The maximum atomic E-state index is 10.4. The van der Waals surface area contributed by atoms with Crippen LogP contribution in [0, 0.1) is 5.92 Å². The molecule has 0 heterocycles. The molecule has 0 unspecified atom stereocenters. The fraction of sp³-hybridized carbons (Fsp3) is 1.00. The minimum Gasteiger partial charge on any atom is -0.735 e.